The van der Waals surface area contributed by atoms with E-state index in [9.17, 15) is 4.39 Å². The fourth-order valence-electron chi connectivity index (χ4n) is 2.05. The van der Waals surface area contributed by atoms with Crippen LogP contribution in [-0.4, -0.2) is 28.8 Å². The maximum atomic E-state index is 13.7. The summed E-state index contributed by atoms with van der Waals surface area (Å²) in [7, 11) is 0. The predicted molar refractivity (Wildman–Crippen MR) is 109 cm³/mol. The highest BCUT2D eigenvalue weighted by Gasteiger charge is 2.03. The van der Waals surface area contributed by atoms with E-state index in [-0.39, 0.29) is 29.8 Å². The first-order chi connectivity index (χ1) is 11.2. The molecular formula is C16H22BrFIN5. The lowest BCUT2D eigenvalue weighted by Gasteiger charge is -2.11. The zero-order chi connectivity index (χ0) is 16.5. The molecule has 2 rings (SSSR count). The van der Waals surface area contributed by atoms with Gasteiger partial charge in [0.05, 0.1) is 6.54 Å². The summed E-state index contributed by atoms with van der Waals surface area (Å²) >= 11 is 3.35. The summed E-state index contributed by atoms with van der Waals surface area (Å²) in [5, 5.41) is 10.6. The molecule has 8 heteroatoms. The van der Waals surface area contributed by atoms with E-state index in [1.165, 1.54) is 6.07 Å². The number of benzene rings is 1. The van der Waals surface area contributed by atoms with Crippen molar-refractivity contribution in [1.82, 2.24) is 20.4 Å². The minimum Gasteiger partial charge on any atom is -0.357 e. The second kappa shape index (κ2) is 11.4. The molecule has 0 bridgehead atoms. The Morgan fingerprint density at radius 2 is 2.21 bits per heavy atom. The monoisotopic (exact) mass is 509 g/mol. The number of halogens is 3. The van der Waals surface area contributed by atoms with Gasteiger partial charge in [0, 0.05) is 42.1 Å². The summed E-state index contributed by atoms with van der Waals surface area (Å²) < 4.78 is 16.5. The molecule has 0 fully saturated rings. The molecule has 132 valence electrons. The Bertz CT molecular complexity index is 633. The van der Waals surface area contributed by atoms with Crippen LogP contribution in [0.1, 0.15) is 18.9 Å². The first-order valence-electron chi connectivity index (χ1n) is 7.62. The molecule has 2 N–H and O–H groups in total. The van der Waals surface area contributed by atoms with Gasteiger partial charge in [-0.2, -0.15) is 5.10 Å². The van der Waals surface area contributed by atoms with Crippen molar-refractivity contribution < 1.29 is 4.39 Å². The van der Waals surface area contributed by atoms with Crippen molar-refractivity contribution >= 4 is 45.9 Å². The van der Waals surface area contributed by atoms with E-state index >= 15 is 0 Å². The number of rotatable bonds is 7. The third-order valence-corrected chi connectivity index (χ3v) is 3.67. The minimum absolute atomic E-state index is 0. The molecule has 5 nitrogen and oxygen atoms in total. The van der Waals surface area contributed by atoms with Gasteiger partial charge in [-0.1, -0.05) is 15.9 Å². The zero-order valence-electron chi connectivity index (χ0n) is 13.5. The van der Waals surface area contributed by atoms with Crippen molar-refractivity contribution in [2.24, 2.45) is 4.99 Å². The third-order valence-electron chi connectivity index (χ3n) is 3.18. The van der Waals surface area contributed by atoms with Crippen LogP contribution in [0.25, 0.3) is 0 Å². The lowest BCUT2D eigenvalue weighted by atomic mass is 10.2. The largest absolute Gasteiger partial charge is 0.357 e. The molecular weight excluding hydrogens is 488 g/mol. The van der Waals surface area contributed by atoms with Crippen LogP contribution in [0.3, 0.4) is 0 Å². The van der Waals surface area contributed by atoms with Gasteiger partial charge in [0.1, 0.15) is 5.82 Å². The summed E-state index contributed by atoms with van der Waals surface area (Å²) in [6.45, 7) is 4.67. The highest BCUT2D eigenvalue weighted by Crippen LogP contribution is 2.16. The van der Waals surface area contributed by atoms with Crippen LogP contribution in [-0.2, 0) is 13.1 Å². The smallest absolute Gasteiger partial charge is 0.191 e. The van der Waals surface area contributed by atoms with Gasteiger partial charge >= 0.3 is 0 Å². The Balaban J connectivity index is 0.00000288. The van der Waals surface area contributed by atoms with Gasteiger partial charge in [-0.3, -0.25) is 4.68 Å². The van der Waals surface area contributed by atoms with E-state index < -0.39 is 0 Å². The maximum Gasteiger partial charge on any atom is 0.191 e. The Labute approximate surface area is 167 Å². The number of guanidine groups is 1. The van der Waals surface area contributed by atoms with Crippen molar-refractivity contribution in [3.05, 3.63) is 52.5 Å². The molecule has 24 heavy (non-hydrogen) atoms. The summed E-state index contributed by atoms with van der Waals surface area (Å²) in [5.74, 6) is 0.443. The van der Waals surface area contributed by atoms with Crippen LogP contribution in [0.5, 0.6) is 0 Å². The standard InChI is InChI=1S/C16H21BrFN5.HI/c1-2-19-16(20-7-3-9-23-10-4-8-22-23)21-12-13-11-14(17)5-6-15(13)18;/h4-6,8,10-11H,2-3,7,9,12H2,1H3,(H2,19,20,21);1H. The van der Waals surface area contributed by atoms with Gasteiger partial charge < -0.3 is 10.6 Å². The van der Waals surface area contributed by atoms with Crippen molar-refractivity contribution in [2.45, 2.75) is 26.4 Å². The van der Waals surface area contributed by atoms with Gasteiger partial charge in [0.25, 0.3) is 0 Å². The molecule has 0 aliphatic rings. The Kier molecular flexibility index (Phi) is 9.92. The second-order valence-corrected chi connectivity index (χ2v) is 5.90. The fraction of sp³-hybridized carbons (Fsp3) is 0.375. The van der Waals surface area contributed by atoms with Gasteiger partial charge in [-0.05, 0) is 37.6 Å². The number of hydrogen-bond acceptors (Lipinski definition) is 2. The fourth-order valence-corrected chi connectivity index (χ4v) is 2.46. The van der Waals surface area contributed by atoms with E-state index in [2.05, 4.69) is 36.7 Å². The Morgan fingerprint density at radius 1 is 1.38 bits per heavy atom. The molecule has 0 amide bonds. The van der Waals surface area contributed by atoms with Crippen molar-refractivity contribution in [1.29, 1.82) is 0 Å². The number of aryl methyl sites for hydroxylation is 1. The average molecular weight is 510 g/mol. The van der Waals surface area contributed by atoms with Crippen LogP contribution in [0.2, 0.25) is 0 Å². The summed E-state index contributed by atoms with van der Waals surface area (Å²) in [5.41, 5.74) is 0.563. The summed E-state index contributed by atoms with van der Waals surface area (Å²) in [6, 6.07) is 6.78. The molecule has 0 unspecified atom stereocenters. The summed E-state index contributed by atoms with van der Waals surface area (Å²) in [4.78, 5) is 4.43. The molecule has 1 aromatic carbocycles. The molecule has 0 spiro atoms. The van der Waals surface area contributed by atoms with Crippen LogP contribution in [0, 0.1) is 5.82 Å². The molecule has 1 heterocycles. The number of nitrogens with zero attached hydrogens (tertiary/aromatic N) is 3. The number of nitrogens with one attached hydrogen (secondary N) is 2. The molecule has 2 aromatic rings. The molecule has 0 radical (unpaired) electrons. The number of hydrogen-bond donors (Lipinski definition) is 2. The summed E-state index contributed by atoms with van der Waals surface area (Å²) in [6.07, 6.45) is 4.64. The van der Waals surface area contributed by atoms with Crippen LogP contribution >= 0.6 is 39.9 Å². The second-order valence-electron chi connectivity index (χ2n) is 4.98. The highest BCUT2D eigenvalue weighted by molar-refractivity contribution is 14.0. The van der Waals surface area contributed by atoms with E-state index in [1.807, 2.05) is 23.9 Å². The van der Waals surface area contributed by atoms with E-state index in [0.717, 1.165) is 30.5 Å². The highest BCUT2D eigenvalue weighted by atomic mass is 127. The predicted octanol–water partition coefficient (Wildman–Crippen LogP) is 3.55. The van der Waals surface area contributed by atoms with Gasteiger partial charge in [-0.25, -0.2) is 9.38 Å². The van der Waals surface area contributed by atoms with E-state index in [1.54, 1.807) is 18.3 Å². The quantitative estimate of drug-likeness (QED) is 0.260. The normalized spacial score (nSPS) is 11.0. The minimum atomic E-state index is -0.244. The van der Waals surface area contributed by atoms with Gasteiger partial charge in [0.2, 0.25) is 0 Å². The lowest BCUT2D eigenvalue weighted by Crippen LogP contribution is -2.38. The molecule has 0 saturated heterocycles. The number of aromatic nitrogens is 2. The van der Waals surface area contributed by atoms with Crippen LogP contribution < -0.4 is 10.6 Å². The average Bonchev–Trinajstić information content (AvgIpc) is 3.05. The first-order valence-corrected chi connectivity index (χ1v) is 8.42. The van der Waals surface area contributed by atoms with E-state index in [4.69, 9.17) is 0 Å². The zero-order valence-corrected chi connectivity index (χ0v) is 17.4. The lowest BCUT2D eigenvalue weighted by molar-refractivity contribution is 0.570. The molecule has 0 aliphatic heterocycles. The van der Waals surface area contributed by atoms with Crippen molar-refractivity contribution in [3.8, 4) is 0 Å². The Morgan fingerprint density at radius 3 is 2.92 bits per heavy atom. The van der Waals surface area contributed by atoms with Crippen molar-refractivity contribution in [2.75, 3.05) is 13.1 Å². The molecule has 0 saturated carbocycles. The van der Waals surface area contributed by atoms with Gasteiger partial charge in [0.15, 0.2) is 5.96 Å². The topological polar surface area (TPSA) is 54.2 Å². The molecule has 1 aromatic heterocycles. The molecule has 0 aliphatic carbocycles. The van der Waals surface area contributed by atoms with E-state index in [0.29, 0.717) is 18.1 Å². The maximum absolute atomic E-state index is 13.7. The van der Waals surface area contributed by atoms with Gasteiger partial charge in [-0.15, -0.1) is 24.0 Å². The SMILES string of the molecule is CCNC(=NCc1cc(Br)ccc1F)NCCCn1cccn1.I. The molecule has 0 atom stereocenters. The number of aliphatic imine (C=N–C) groups is 1. The van der Waals surface area contributed by atoms with Crippen LogP contribution in [0.4, 0.5) is 4.39 Å². The van der Waals surface area contributed by atoms with Crippen molar-refractivity contribution in [3.63, 3.8) is 0 Å². The van der Waals surface area contributed by atoms with Crippen LogP contribution in [0.15, 0.2) is 46.1 Å². The first kappa shape index (κ1) is 20.9. The third kappa shape index (κ3) is 7.16. The Hall–Kier alpha value is -1.16.